The minimum atomic E-state index is -0.507. The number of carbonyl (C=O) groups is 2. The Balaban J connectivity index is 1.76. The first-order valence-corrected chi connectivity index (χ1v) is 10.3. The molecule has 3 heterocycles. The molecule has 1 N–H and O–H groups in total. The van der Waals surface area contributed by atoms with E-state index in [0.717, 1.165) is 27.1 Å². The van der Waals surface area contributed by atoms with Gasteiger partial charge in [-0.15, -0.1) is 0 Å². The molecule has 0 saturated carbocycles. The van der Waals surface area contributed by atoms with E-state index < -0.39 is 11.8 Å². The number of benzene rings is 1. The molecule has 1 fully saturated rings. The molecule has 0 radical (unpaired) electrons. The minimum absolute atomic E-state index is 0.0292. The van der Waals surface area contributed by atoms with Crippen molar-refractivity contribution in [1.29, 1.82) is 0 Å². The van der Waals surface area contributed by atoms with Crippen LogP contribution in [-0.4, -0.2) is 26.5 Å². The van der Waals surface area contributed by atoms with E-state index >= 15 is 0 Å². The first-order chi connectivity index (χ1) is 14.4. The summed E-state index contributed by atoms with van der Waals surface area (Å²) in [5, 5.41) is 2.68. The summed E-state index contributed by atoms with van der Waals surface area (Å²) in [6.07, 6.45) is 5.06. The van der Waals surface area contributed by atoms with Gasteiger partial charge in [-0.1, -0.05) is 15.9 Å². The zero-order valence-electron chi connectivity index (χ0n) is 16.2. The van der Waals surface area contributed by atoms with E-state index in [0.29, 0.717) is 5.69 Å². The van der Waals surface area contributed by atoms with Gasteiger partial charge in [-0.3, -0.25) is 24.8 Å². The van der Waals surface area contributed by atoms with Gasteiger partial charge in [-0.05, 0) is 80.2 Å². The number of rotatable bonds is 3. The van der Waals surface area contributed by atoms with Gasteiger partial charge in [0.25, 0.3) is 11.8 Å². The smallest absolute Gasteiger partial charge is 0.270 e. The SMILES string of the molecule is Cc1cc(C=C2C(=O)NC(=S)N(c3ccc(Br)cc3)C2=O)c(C)n1-c1ccncc1. The number of thiocarbonyl (C=S) groups is 1. The van der Waals surface area contributed by atoms with Crippen molar-refractivity contribution in [3.63, 3.8) is 0 Å². The molecule has 1 aromatic carbocycles. The van der Waals surface area contributed by atoms with Gasteiger partial charge in [0.2, 0.25) is 0 Å². The highest BCUT2D eigenvalue weighted by Crippen LogP contribution is 2.26. The summed E-state index contributed by atoms with van der Waals surface area (Å²) in [5.74, 6) is -0.966. The minimum Gasteiger partial charge on any atom is -0.318 e. The lowest BCUT2D eigenvalue weighted by molar-refractivity contribution is -0.122. The van der Waals surface area contributed by atoms with Crippen molar-refractivity contribution in [2.75, 3.05) is 4.90 Å². The maximum atomic E-state index is 13.2. The lowest BCUT2D eigenvalue weighted by Crippen LogP contribution is -2.54. The number of pyridine rings is 1. The average Bonchev–Trinajstić information content (AvgIpc) is 3.00. The van der Waals surface area contributed by atoms with Gasteiger partial charge in [0.15, 0.2) is 5.11 Å². The molecule has 4 rings (SSSR count). The average molecular weight is 481 g/mol. The first-order valence-electron chi connectivity index (χ1n) is 9.13. The van der Waals surface area contributed by atoms with Crippen molar-refractivity contribution in [1.82, 2.24) is 14.9 Å². The summed E-state index contributed by atoms with van der Waals surface area (Å²) >= 11 is 8.63. The monoisotopic (exact) mass is 480 g/mol. The Bertz CT molecular complexity index is 1200. The molecule has 1 saturated heterocycles. The van der Waals surface area contributed by atoms with Crippen LogP contribution >= 0.6 is 28.1 Å². The van der Waals surface area contributed by atoms with Crippen molar-refractivity contribution in [2.24, 2.45) is 0 Å². The lowest BCUT2D eigenvalue weighted by atomic mass is 10.1. The summed E-state index contributed by atoms with van der Waals surface area (Å²) in [6, 6.07) is 12.9. The number of nitrogens with one attached hydrogen (secondary N) is 1. The Morgan fingerprint density at radius 3 is 2.37 bits per heavy atom. The predicted molar refractivity (Wildman–Crippen MR) is 123 cm³/mol. The van der Waals surface area contributed by atoms with Crippen LogP contribution in [0.3, 0.4) is 0 Å². The number of amides is 2. The highest BCUT2D eigenvalue weighted by molar-refractivity contribution is 9.10. The second-order valence-corrected chi connectivity index (χ2v) is 8.10. The molecule has 0 unspecified atom stereocenters. The molecule has 2 amide bonds. The van der Waals surface area contributed by atoms with Crippen LogP contribution in [0.5, 0.6) is 0 Å². The van der Waals surface area contributed by atoms with E-state index in [1.165, 1.54) is 4.90 Å². The first kappa shape index (κ1) is 20.2. The standard InChI is InChI=1S/C22H17BrN4O2S/c1-13-11-15(14(2)26(13)18-7-9-24-10-8-18)12-19-20(28)25-22(30)27(21(19)29)17-5-3-16(23)4-6-17/h3-12H,1-2H3,(H,25,28,30). The molecule has 1 aliphatic heterocycles. The molecule has 30 heavy (non-hydrogen) atoms. The number of hydrogen-bond acceptors (Lipinski definition) is 4. The van der Waals surface area contributed by atoms with E-state index in [1.807, 2.05) is 44.2 Å². The van der Waals surface area contributed by atoms with E-state index in [4.69, 9.17) is 12.2 Å². The van der Waals surface area contributed by atoms with Crippen molar-refractivity contribution in [3.8, 4) is 5.69 Å². The number of carbonyl (C=O) groups excluding carboxylic acids is 2. The third-order valence-corrected chi connectivity index (χ3v) is 5.69. The van der Waals surface area contributed by atoms with Crippen molar-refractivity contribution < 1.29 is 9.59 Å². The number of halogens is 1. The molecule has 3 aromatic rings. The summed E-state index contributed by atoms with van der Waals surface area (Å²) in [4.78, 5) is 31.2. The van der Waals surface area contributed by atoms with Crippen LogP contribution in [-0.2, 0) is 9.59 Å². The molecular formula is C22H17BrN4O2S. The van der Waals surface area contributed by atoms with Crippen LogP contribution in [0.4, 0.5) is 5.69 Å². The molecule has 2 aromatic heterocycles. The Morgan fingerprint density at radius 2 is 1.70 bits per heavy atom. The number of aryl methyl sites for hydroxylation is 1. The van der Waals surface area contributed by atoms with Gasteiger partial charge in [0.05, 0.1) is 5.69 Å². The topological polar surface area (TPSA) is 67.2 Å². The molecule has 0 aliphatic carbocycles. The van der Waals surface area contributed by atoms with Gasteiger partial charge in [-0.2, -0.15) is 0 Å². The molecule has 8 heteroatoms. The maximum Gasteiger partial charge on any atom is 0.270 e. The van der Waals surface area contributed by atoms with Gasteiger partial charge in [0, 0.05) is 33.9 Å². The summed E-state index contributed by atoms with van der Waals surface area (Å²) in [6.45, 7) is 3.92. The van der Waals surface area contributed by atoms with Gasteiger partial charge < -0.3 is 4.57 Å². The largest absolute Gasteiger partial charge is 0.318 e. The predicted octanol–water partition coefficient (Wildman–Crippen LogP) is 4.08. The zero-order chi connectivity index (χ0) is 21.4. The number of aromatic nitrogens is 2. The fraction of sp³-hybridized carbons (Fsp3) is 0.0909. The second kappa shape index (κ2) is 7.97. The Kier molecular flexibility index (Phi) is 5.36. The van der Waals surface area contributed by atoms with Gasteiger partial charge in [-0.25, -0.2) is 0 Å². The fourth-order valence-corrected chi connectivity index (χ4v) is 4.01. The van der Waals surface area contributed by atoms with E-state index in [1.54, 1.807) is 30.6 Å². The maximum absolute atomic E-state index is 13.2. The molecule has 0 spiro atoms. The fourth-order valence-electron chi connectivity index (χ4n) is 3.46. The Morgan fingerprint density at radius 1 is 1.03 bits per heavy atom. The van der Waals surface area contributed by atoms with E-state index in [2.05, 4.69) is 30.8 Å². The number of hydrogen-bond donors (Lipinski definition) is 1. The normalized spacial score (nSPS) is 15.6. The van der Waals surface area contributed by atoms with Gasteiger partial charge in [0.1, 0.15) is 5.57 Å². The van der Waals surface area contributed by atoms with E-state index in [-0.39, 0.29) is 10.7 Å². The van der Waals surface area contributed by atoms with Crippen molar-refractivity contribution in [3.05, 3.63) is 81.9 Å². The van der Waals surface area contributed by atoms with Crippen LogP contribution < -0.4 is 10.2 Å². The number of nitrogens with zero attached hydrogens (tertiary/aromatic N) is 3. The van der Waals surface area contributed by atoms with Gasteiger partial charge >= 0.3 is 0 Å². The highest BCUT2D eigenvalue weighted by Gasteiger charge is 2.34. The second-order valence-electron chi connectivity index (χ2n) is 6.80. The van der Waals surface area contributed by atoms with Crippen LogP contribution in [0.1, 0.15) is 17.0 Å². The molecular weight excluding hydrogens is 464 g/mol. The highest BCUT2D eigenvalue weighted by atomic mass is 79.9. The van der Waals surface area contributed by atoms with Crippen molar-refractivity contribution >= 4 is 56.8 Å². The summed E-state index contributed by atoms with van der Waals surface area (Å²) in [5.41, 5.74) is 4.25. The van der Waals surface area contributed by atoms with Crippen LogP contribution in [0, 0.1) is 13.8 Å². The van der Waals surface area contributed by atoms with Crippen LogP contribution in [0.25, 0.3) is 11.8 Å². The number of anilines is 1. The molecule has 150 valence electrons. The lowest BCUT2D eigenvalue weighted by Gasteiger charge is -2.29. The molecule has 1 aliphatic rings. The Labute approximate surface area is 187 Å². The quantitative estimate of drug-likeness (QED) is 0.348. The van der Waals surface area contributed by atoms with Crippen LogP contribution in [0.15, 0.2) is 64.9 Å². The van der Waals surface area contributed by atoms with Crippen molar-refractivity contribution in [2.45, 2.75) is 13.8 Å². The summed E-state index contributed by atoms with van der Waals surface area (Å²) in [7, 11) is 0. The zero-order valence-corrected chi connectivity index (χ0v) is 18.6. The van der Waals surface area contributed by atoms with Crippen LogP contribution in [0.2, 0.25) is 0 Å². The molecule has 6 nitrogen and oxygen atoms in total. The van der Waals surface area contributed by atoms with E-state index in [9.17, 15) is 9.59 Å². The molecule has 0 bridgehead atoms. The third kappa shape index (κ3) is 3.59. The third-order valence-electron chi connectivity index (χ3n) is 4.88. The Hall–Kier alpha value is -3.10. The summed E-state index contributed by atoms with van der Waals surface area (Å²) < 4.78 is 2.93. The molecule has 0 atom stereocenters.